The summed E-state index contributed by atoms with van der Waals surface area (Å²) in [7, 11) is 0. The minimum atomic E-state index is -0.466. The van der Waals surface area contributed by atoms with Gasteiger partial charge in [-0.2, -0.15) is 0 Å². The molecule has 92 valence electrons. The zero-order valence-corrected chi connectivity index (χ0v) is 9.77. The van der Waals surface area contributed by atoms with Crippen molar-refractivity contribution in [3.63, 3.8) is 0 Å². The lowest BCUT2D eigenvalue weighted by Gasteiger charge is -2.06. The second-order valence-electron chi connectivity index (χ2n) is 3.91. The number of nitrogens with zero attached hydrogens (tertiary/aromatic N) is 1. The number of pyridine rings is 1. The predicted octanol–water partition coefficient (Wildman–Crippen LogP) is 2.36. The Bertz CT molecular complexity index is 581. The number of carbonyl (C=O) groups is 1. The van der Waals surface area contributed by atoms with Crippen molar-refractivity contribution in [1.29, 1.82) is 0 Å². The van der Waals surface area contributed by atoms with Gasteiger partial charge >= 0.3 is 0 Å². The van der Waals surface area contributed by atoms with Gasteiger partial charge in [-0.1, -0.05) is 6.07 Å². The molecular weight excluding hydrogens is 233 g/mol. The van der Waals surface area contributed by atoms with Gasteiger partial charge < -0.3 is 11.1 Å². The Labute approximate surface area is 104 Å². The van der Waals surface area contributed by atoms with Crippen LogP contribution in [0.1, 0.15) is 15.9 Å². The molecule has 0 bridgehead atoms. The molecule has 0 aliphatic heterocycles. The summed E-state index contributed by atoms with van der Waals surface area (Å²) in [5.74, 6) is -0.565. The Morgan fingerprint density at radius 3 is 2.72 bits per heavy atom. The van der Waals surface area contributed by atoms with Crippen LogP contribution in [0.4, 0.5) is 15.9 Å². The second kappa shape index (κ2) is 4.83. The molecule has 0 atom stereocenters. The van der Waals surface area contributed by atoms with Crippen LogP contribution < -0.4 is 11.1 Å². The van der Waals surface area contributed by atoms with Gasteiger partial charge in [0, 0.05) is 6.20 Å². The van der Waals surface area contributed by atoms with Crippen LogP contribution in [-0.2, 0) is 0 Å². The van der Waals surface area contributed by atoms with E-state index in [-0.39, 0.29) is 5.69 Å². The maximum Gasteiger partial charge on any atom is 0.257 e. The average molecular weight is 245 g/mol. The Morgan fingerprint density at radius 1 is 1.33 bits per heavy atom. The number of carbonyl (C=O) groups excluding carboxylic acids is 1. The summed E-state index contributed by atoms with van der Waals surface area (Å²) < 4.78 is 13.5. The van der Waals surface area contributed by atoms with Crippen LogP contribution >= 0.6 is 0 Å². The lowest BCUT2D eigenvalue weighted by atomic mass is 10.2. The molecule has 2 aromatic rings. The van der Waals surface area contributed by atoms with Crippen LogP contribution in [0.25, 0.3) is 0 Å². The molecule has 1 aromatic heterocycles. The third kappa shape index (κ3) is 2.63. The van der Waals surface area contributed by atoms with E-state index in [9.17, 15) is 9.18 Å². The highest BCUT2D eigenvalue weighted by Crippen LogP contribution is 2.16. The van der Waals surface area contributed by atoms with Crippen LogP contribution in [0.15, 0.2) is 36.5 Å². The van der Waals surface area contributed by atoms with E-state index in [1.165, 1.54) is 30.5 Å². The normalized spacial score (nSPS) is 10.1. The highest BCUT2D eigenvalue weighted by molar-refractivity contribution is 6.04. The molecule has 5 heteroatoms. The van der Waals surface area contributed by atoms with Gasteiger partial charge in [0.05, 0.1) is 11.3 Å². The number of aromatic nitrogens is 1. The van der Waals surface area contributed by atoms with Crippen molar-refractivity contribution in [2.45, 2.75) is 6.92 Å². The van der Waals surface area contributed by atoms with Gasteiger partial charge in [-0.25, -0.2) is 9.37 Å². The van der Waals surface area contributed by atoms with E-state index in [1.807, 2.05) is 0 Å². The highest BCUT2D eigenvalue weighted by Gasteiger charge is 2.09. The fourth-order valence-electron chi connectivity index (χ4n) is 1.46. The first-order valence-corrected chi connectivity index (χ1v) is 5.35. The molecule has 1 amide bonds. The SMILES string of the molecule is Cc1ccc(NC(=O)c2ccc(N)nc2)c(F)c1. The molecular formula is C13H12FN3O. The first-order valence-electron chi connectivity index (χ1n) is 5.35. The first kappa shape index (κ1) is 12.0. The fourth-order valence-corrected chi connectivity index (χ4v) is 1.46. The summed E-state index contributed by atoms with van der Waals surface area (Å²) in [6.45, 7) is 1.78. The number of aryl methyl sites for hydroxylation is 1. The maximum absolute atomic E-state index is 13.5. The van der Waals surface area contributed by atoms with Crippen LogP contribution in [0.3, 0.4) is 0 Å². The molecule has 0 spiro atoms. The smallest absolute Gasteiger partial charge is 0.257 e. The minimum absolute atomic E-state index is 0.141. The number of nitrogen functional groups attached to an aromatic ring is 1. The molecule has 2 rings (SSSR count). The van der Waals surface area contributed by atoms with Crippen LogP contribution in [0.5, 0.6) is 0 Å². The number of rotatable bonds is 2. The van der Waals surface area contributed by atoms with E-state index in [0.29, 0.717) is 11.4 Å². The highest BCUT2D eigenvalue weighted by atomic mass is 19.1. The third-order valence-electron chi connectivity index (χ3n) is 2.42. The van der Waals surface area contributed by atoms with Crippen molar-refractivity contribution in [3.05, 3.63) is 53.5 Å². The van der Waals surface area contributed by atoms with Gasteiger partial charge in [-0.3, -0.25) is 4.79 Å². The van der Waals surface area contributed by atoms with Gasteiger partial charge in [-0.15, -0.1) is 0 Å². The zero-order chi connectivity index (χ0) is 13.1. The van der Waals surface area contributed by atoms with Crippen molar-refractivity contribution in [2.24, 2.45) is 0 Å². The summed E-state index contributed by atoms with van der Waals surface area (Å²) in [6, 6.07) is 7.65. The number of nitrogens with two attached hydrogens (primary N) is 1. The van der Waals surface area contributed by atoms with Gasteiger partial charge in [-0.05, 0) is 36.8 Å². The first-order chi connectivity index (χ1) is 8.56. The second-order valence-corrected chi connectivity index (χ2v) is 3.91. The van der Waals surface area contributed by atoms with E-state index in [4.69, 9.17) is 5.73 Å². The van der Waals surface area contributed by atoms with Crippen molar-refractivity contribution in [1.82, 2.24) is 4.98 Å². The molecule has 0 saturated heterocycles. The lowest BCUT2D eigenvalue weighted by molar-refractivity contribution is 0.102. The molecule has 0 radical (unpaired) electrons. The number of anilines is 2. The predicted molar refractivity (Wildman–Crippen MR) is 67.7 cm³/mol. The Hall–Kier alpha value is -2.43. The molecule has 3 N–H and O–H groups in total. The quantitative estimate of drug-likeness (QED) is 0.853. The topological polar surface area (TPSA) is 68.0 Å². The van der Waals surface area contributed by atoms with Crippen LogP contribution in [-0.4, -0.2) is 10.9 Å². The number of hydrogen-bond donors (Lipinski definition) is 2. The summed E-state index contributed by atoms with van der Waals surface area (Å²) in [4.78, 5) is 15.6. The molecule has 0 aliphatic rings. The van der Waals surface area contributed by atoms with Crippen molar-refractivity contribution in [3.8, 4) is 0 Å². The largest absolute Gasteiger partial charge is 0.384 e. The lowest BCUT2D eigenvalue weighted by Crippen LogP contribution is -2.13. The monoisotopic (exact) mass is 245 g/mol. The number of hydrogen-bond acceptors (Lipinski definition) is 3. The number of halogens is 1. The van der Waals surface area contributed by atoms with Crippen molar-refractivity contribution < 1.29 is 9.18 Å². The summed E-state index contributed by atoms with van der Waals surface area (Å²) in [5.41, 5.74) is 6.67. The van der Waals surface area contributed by atoms with E-state index in [2.05, 4.69) is 10.3 Å². The molecule has 4 nitrogen and oxygen atoms in total. The Morgan fingerprint density at radius 2 is 2.11 bits per heavy atom. The van der Waals surface area contributed by atoms with Gasteiger partial charge in [0.2, 0.25) is 0 Å². The summed E-state index contributed by atoms with van der Waals surface area (Å²) >= 11 is 0. The van der Waals surface area contributed by atoms with E-state index < -0.39 is 11.7 Å². The van der Waals surface area contributed by atoms with Gasteiger partial charge in [0.1, 0.15) is 11.6 Å². The molecule has 18 heavy (non-hydrogen) atoms. The molecule has 0 unspecified atom stereocenters. The molecule has 1 aromatic carbocycles. The number of benzene rings is 1. The van der Waals surface area contributed by atoms with Gasteiger partial charge in [0.15, 0.2) is 0 Å². The number of amides is 1. The fraction of sp³-hybridized carbons (Fsp3) is 0.0769. The molecule has 1 heterocycles. The molecule has 0 aliphatic carbocycles. The van der Waals surface area contributed by atoms with E-state index in [1.54, 1.807) is 13.0 Å². The Kier molecular flexibility index (Phi) is 3.23. The molecule has 0 fully saturated rings. The standard InChI is InChI=1S/C13H12FN3O/c1-8-2-4-11(10(14)6-8)17-13(18)9-3-5-12(15)16-7-9/h2-7H,1H3,(H2,15,16)(H,17,18). The summed E-state index contributed by atoms with van der Waals surface area (Å²) in [6.07, 6.45) is 1.34. The van der Waals surface area contributed by atoms with E-state index in [0.717, 1.165) is 5.56 Å². The average Bonchev–Trinajstić information content (AvgIpc) is 2.33. The van der Waals surface area contributed by atoms with Crippen molar-refractivity contribution in [2.75, 3.05) is 11.1 Å². The number of nitrogens with one attached hydrogen (secondary N) is 1. The zero-order valence-electron chi connectivity index (χ0n) is 9.77. The minimum Gasteiger partial charge on any atom is -0.384 e. The van der Waals surface area contributed by atoms with Gasteiger partial charge in [0.25, 0.3) is 5.91 Å². The van der Waals surface area contributed by atoms with Crippen molar-refractivity contribution >= 4 is 17.4 Å². The van der Waals surface area contributed by atoms with E-state index >= 15 is 0 Å². The summed E-state index contributed by atoms with van der Waals surface area (Å²) in [5, 5.41) is 2.48. The Balaban J connectivity index is 2.18. The van der Waals surface area contributed by atoms with Crippen LogP contribution in [0.2, 0.25) is 0 Å². The maximum atomic E-state index is 13.5. The van der Waals surface area contributed by atoms with Crippen LogP contribution in [0, 0.1) is 12.7 Å². The third-order valence-corrected chi connectivity index (χ3v) is 2.42. The molecule has 0 saturated carbocycles.